The summed E-state index contributed by atoms with van der Waals surface area (Å²) in [6.07, 6.45) is 3.11. The van der Waals surface area contributed by atoms with Crippen LogP contribution in [0.2, 0.25) is 0 Å². The summed E-state index contributed by atoms with van der Waals surface area (Å²) < 4.78 is 22.1. The summed E-state index contributed by atoms with van der Waals surface area (Å²) in [7, 11) is -2.89. The van der Waals surface area contributed by atoms with E-state index in [1.54, 1.807) is 0 Å². The number of aryl methyl sites for hydroxylation is 1. The number of hydrogen-bond donors (Lipinski definition) is 1. The Morgan fingerprint density at radius 1 is 1.42 bits per heavy atom. The first-order chi connectivity index (χ1) is 8.78. The van der Waals surface area contributed by atoms with Crippen LogP contribution in [0.5, 0.6) is 0 Å². The molecule has 4 nitrogen and oxygen atoms in total. The molecule has 0 aliphatic carbocycles. The van der Waals surface area contributed by atoms with Crippen molar-refractivity contribution in [3.05, 3.63) is 23.4 Å². The van der Waals surface area contributed by atoms with Crippen LogP contribution in [-0.4, -0.2) is 37.2 Å². The topological polar surface area (TPSA) is 59.1 Å². The van der Waals surface area contributed by atoms with Crippen LogP contribution < -0.4 is 5.32 Å². The number of pyridine rings is 1. The van der Waals surface area contributed by atoms with Crippen molar-refractivity contribution in [2.24, 2.45) is 0 Å². The Morgan fingerprint density at radius 2 is 2.11 bits per heavy atom. The van der Waals surface area contributed by atoms with Crippen LogP contribution in [-0.2, 0) is 16.4 Å². The van der Waals surface area contributed by atoms with Gasteiger partial charge in [0.2, 0.25) is 0 Å². The van der Waals surface area contributed by atoms with Gasteiger partial charge in [-0.2, -0.15) is 0 Å². The summed E-state index contributed by atoms with van der Waals surface area (Å²) in [5.74, 6) is 0.742. The van der Waals surface area contributed by atoms with Crippen LogP contribution in [0.3, 0.4) is 0 Å². The zero-order chi connectivity index (χ0) is 14.5. The number of rotatable bonds is 7. The molecule has 0 amide bonds. The molecular formula is C13H22N2O2S2. The molecule has 1 aromatic rings. The molecular weight excluding hydrogens is 280 g/mol. The first-order valence-corrected chi connectivity index (χ1v) is 9.32. The highest BCUT2D eigenvalue weighted by molar-refractivity contribution is 8.00. The lowest BCUT2D eigenvalue weighted by Crippen LogP contribution is -2.21. The largest absolute Gasteiger partial charge is 0.310 e. The van der Waals surface area contributed by atoms with E-state index in [1.165, 1.54) is 18.0 Å². The molecule has 6 heteroatoms. The molecule has 0 saturated heterocycles. The summed E-state index contributed by atoms with van der Waals surface area (Å²) in [6.45, 7) is 7.03. The second-order valence-electron chi connectivity index (χ2n) is 4.98. The normalized spacial score (nSPS) is 12.1. The van der Waals surface area contributed by atoms with Gasteiger partial charge in [0.1, 0.15) is 9.84 Å². The van der Waals surface area contributed by atoms with Gasteiger partial charge in [-0.25, -0.2) is 13.4 Å². The fourth-order valence-corrected chi connectivity index (χ4v) is 3.63. The predicted molar refractivity (Wildman–Crippen MR) is 81.4 cm³/mol. The maximum Gasteiger partial charge on any atom is 0.148 e. The molecule has 108 valence electrons. The van der Waals surface area contributed by atoms with Crippen molar-refractivity contribution in [3.8, 4) is 0 Å². The number of nitrogens with one attached hydrogen (secondary N) is 1. The average molecular weight is 302 g/mol. The molecule has 1 N–H and O–H groups in total. The number of nitrogens with zero attached hydrogens (tertiary/aromatic N) is 1. The summed E-state index contributed by atoms with van der Waals surface area (Å²) in [4.78, 5) is 4.40. The third-order valence-electron chi connectivity index (χ3n) is 2.49. The van der Waals surface area contributed by atoms with Crippen molar-refractivity contribution >= 4 is 21.6 Å². The third-order valence-corrected chi connectivity index (χ3v) is 4.81. The van der Waals surface area contributed by atoms with E-state index in [0.29, 0.717) is 11.8 Å². The fraction of sp³-hybridized carbons (Fsp3) is 0.615. The van der Waals surface area contributed by atoms with Gasteiger partial charge in [0.05, 0.1) is 10.8 Å². The zero-order valence-electron chi connectivity index (χ0n) is 11.9. The molecule has 0 fully saturated rings. The van der Waals surface area contributed by atoms with Crippen molar-refractivity contribution < 1.29 is 8.42 Å². The van der Waals surface area contributed by atoms with Gasteiger partial charge in [-0.1, -0.05) is 19.9 Å². The van der Waals surface area contributed by atoms with Crippen molar-refractivity contribution in [3.63, 3.8) is 0 Å². The zero-order valence-corrected chi connectivity index (χ0v) is 13.6. The molecule has 1 aromatic heterocycles. The smallest absolute Gasteiger partial charge is 0.148 e. The highest BCUT2D eigenvalue weighted by atomic mass is 32.2. The maximum atomic E-state index is 11.1. The van der Waals surface area contributed by atoms with Gasteiger partial charge in [-0.3, -0.25) is 0 Å². The van der Waals surface area contributed by atoms with Crippen molar-refractivity contribution in [2.45, 2.75) is 38.4 Å². The molecule has 0 aromatic carbocycles. The Labute approximate surface area is 120 Å². The van der Waals surface area contributed by atoms with Crippen molar-refractivity contribution in [1.29, 1.82) is 0 Å². The minimum atomic E-state index is -2.89. The van der Waals surface area contributed by atoms with Gasteiger partial charge in [0.15, 0.2) is 0 Å². The highest BCUT2D eigenvalue weighted by Gasteiger charge is 2.06. The molecule has 0 radical (unpaired) electrons. The van der Waals surface area contributed by atoms with Crippen LogP contribution in [0.4, 0.5) is 0 Å². The number of thioether (sulfide) groups is 1. The molecule has 0 bridgehead atoms. The van der Waals surface area contributed by atoms with Gasteiger partial charge < -0.3 is 5.32 Å². The summed E-state index contributed by atoms with van der Waals surface area (Å²) in [6, 6.07) is 2.55. The summed E-state index contributed by atoms with van der Waals surface area (Å²) in [5.41, 5.74) is 2.25. The monoisotopic (exact) mass is 302 g/mol. The average Bonchev–Trinajstić information content (AvgIpc) is 2.27. The first-order valence-electron chi connectivity index (χ1n) is 6.27. The predicted octanol–water partition coefficient (Wildman–Crippen LogP) is 2.02. The van der Waals surface area contributed by atoms with Gasteiger partial charge >= 0.3 is 0 Å². The maximum absolute atomic E-state index is 11.1. The van der Waals surface area contributed by atoms with E-state index >= 15 is 0 Å². The molecule has 0 aliphatic rings. The first kappa shape index (κ1) is 16.5. The minimum Gasteiger partial charge on any atom is -0.310 e. The lowest BCUT2D eigenvalue weighted by atomic mass is 10.2. The molecule has 0 saturated carbocycles. The van der Waals surface area contributed by atoms with Crippen LogP contribution in [0.15, 0.2) is 17.3 Å². The Kier molecular flexibility index (Phi) is 6.29. The SMILES string of the molecule is Cc1cc(CNC(C)C)cnc1SCCS(C)(=O)=O. The number of hydrogen-bond acceptors (Lipinski definition) is 5. The Hall–Kier alpha value is -0.590. The second kappa shape index (κ2) is 7.26. The second-order valence-corrected chi connectivity index (χ2v) is 8.32. The minimum absolute atomic E-state index is 0.190. The van der Waals surface area contributed by atoms with E-state index in [-0.39, 0.29) is 5.75 Å². The van der Waals surface area contributed by atoms with E-state index < -0.39 is 9.84 Å². The van der Waals surface area contributed by atoms with E-state index in [4.69, 9.17) is 0 Å². The van der Waals surface area contributed by atoms with E-state index in [0.717, 1.165) is 22.7 Å². The van der Waals surface area contributed by atoms with Gasteiger partial charge in [-0.05, 0) is 18.1 Å². The molecule has 0 aliphatic heterocycles. The van der Waals surface area contributed by atoms with Gasteiger partial charge in [0, 0.05) is 30.8 Å². The van der Waals surface area contributed by atoms with E-state index in [1.807, 2.05) is 13.1 Å². The van der Waals surface area contributed by atoms with Gasteiger partial charge in [0.25, 0.3) is 0 Å². The van der Waals surface area contributed by atoms with Gasteiger partial charge in [-0.15, -0.1) is 11.8 Å². The lowest BCUT2D eigenvalue weighted by Gasteiger charge is -2.10. The number of aromatic nitrogens is 1. The lowest BCUT2D eigenvalue weighted by molar-refractivity contribution is 0.587. The molecule has 1 heterocycles. The van der Waals surface area contributed by atoms with E-state index in [2.05, 4.69) is 30.2 Å². The third kappa shape index (κ3) is 6.94. The molecule has 0 atom stereocenters. The quantitative estimate of drug-likeness (QED) is 0.781. The Morgan fingerprint density at radius 3 is 2.63 bits per heavy atom. The highest BCUT2D eigenvalue weighted by Crippen LogP contribution is 2.20. The molecule has 1 rings (SSSR count). The molecule has 19 heavy (non-hydrogen) atoms. The number of sulfone groups is 1. The summed E-state index contributed by atoms with van der Waals surface area (Å²) in [5, 5.41) is 4.26. The van der Waals surface area contributed by atoms with Crippen LogP contribution in [0.25, 0.3) is 0 Å². The molecule has 0 unspecified atom stereocenters. The van der Waals surface area contributed by atoms with Crippen LogP contribution >= 0.6 is 11.8 Å². The van der Waals surface area contributed by atoms with Crippen molar-refractivity contribution in [2.75, 3.05) is 17.8 Å². The van der Waals surface area contributed by atoms with Crippen LogP contribution in [0, 0.1) is 6.92 Å². The van der Waals surface area contributed by atoms with E-state index in [9.17, 15) is 8.42 Å². The fourth-order valence-electron chi connectivity index (χ4n) is 1.48. The standard InChI is InChI=1S/C13H22N2O2S2/c1-10(2)14-8-12-7-11(3)13(15-9-12)18-5-6-19(4,16)17/h7,9-10,14H,5-6,8H2,1-4H3. The molecule has 0 spiro atoms. The Bertz CT molecular complexity index is 513. The van der Waals surface area contributed by atoms with Crippen molar-refractivity contribution in [1.82, 2.24) is 10.3 Å². The summed E-state index contributed by atoms with van der Waals surface area (Å²) >= 11 is 1.50. The van der Waals surface area contributed by atoms with Crippen LogP contribution in [0.1, 0.15) is 25.0 Å². The Balaban J connectivity index is 2.57.